The van der Waals surface area contributed by atoms with Crippen LogP contribution in [0, 0.1) is 5.82 Å². The lowest BCUT2D eigenvalue weighted by molar-refractivity contribution is 0.527. The summed E-state index contributed by atoms with van der Waals surface area (Å²) in [6, 6.07) is 8.64. The average molecular weight is 293 g/mol. The van der Waals surface area contributed by atoms with Gasteiger partial charge in [-0.15, -0.1) is 0 Å². The van der Waals surface area contributed by atoms with Gasteiger partial charge in [0.1, 0.15) is 5.82 Å². The van der Waals surface area contributed by atoms with Gasteiger partial charge < -0.3 is 5.32 Å². The van der Waals surface area contributed by atoms with E-state index in [1.54, 1.807) is 12.3 Å². The van der Waals surface area contributed by atoms with Gasteiger partial charge in [-0.05, 0) is 48.7 Å². The Hall–Kier alpha value is -1.45. The highest BCUT2D eigenvalue weighted by Crippen LogP contribution is 2.24. The van der Waals surface area contributed by atoms with E-state index in [2.05, 4.69) is 17.2 Å². The van der Waals surface area contributed by atoms with Crippen LogP contribution in [0.2, 0.25) is 5.02 Å². The van der Waals surface area contributed by atoms with Crippen LogP contribution in [-0.2, 0) is 6.42 Å². The summed E-state index contributed by atoms with van der Waals surface area (Å²) in [6.45, 7) is 3.04. The van der Waals surface area contributed by atoms with Crippen molar-refractivity contribution in [2.45, 2.75) is 25.8 Å². The van der Waals surface area contributed by atoms with E-state index in [1.165, 1.54) is 12.1 Å². The Morgan fingerprint density at radius 2 is 2.20 bits per heavy atom. The molecule has 1 aromatic carbocycles. The van der Waals surface area contributed by atoms with E-state index < -0.39 is 0 Å². The Labute approximate surface area is 124 Å². The third kappa shape index (κ3) is 4.02. The third-order valence-corrected chi connectivity index (χ3v) is 3.52. The highest BCUT2D eigenvalue weighted by atomic mass is 35.5. The molecule has 0 aliphatic carbocycles. The molecule has 1 unspecified atom stereocenters. The van der Waals surface area contributed by atoms with Gasteiger partial charge in [0.15, 0.2) is 0 Å². The Balaban J connectivity index is 2.19. The van der Waals surface area contributed by atoms with E-state index in [1.807, 2.05) is 18.3 Å². The number of rotatable bonds is 6. The van der Waals surface area contributed by atoms with E-state index in [9.17, 15) is 4.39 Å². The van der Waals surface area contributed by atoms with Crippen molar-refractivity contribution < 1.29 is 4.39 Å². The number of aromatic nitrogens is 1. The van der Waals surface area contributed by atoms with Crippen molar-refractivity contribution in [2.24, 2.45) is 0 Å². The quantitative estimate of drug-likeness (QED) is 0.865. The summed E-state index contributed by atoms with van der Waals surface area (Å²) in [5.41, 5.74) is 2.05. The Morgan fingerprint density at radius 3 is 2.85 bits per heavy atom. The molecule has 106 valence electrons. The summed E-state index contributed by atoms with van der Waals surface area (Å²) < 4.78 is 13.1. The van der Waals surface area contributed by atoms with Gasteiger partial charge in [-0.3, -0.25) is 4.98 Å². The summed E-state index contributed by atoms with van der Waals surface area (Å²) in [7, 11) is 0. The molecule has 0 amide bonds. The van der Waals surface area contributed by atoms with Gasteiger partial charge in [0.2, 0.25) is 0 Å². The minimum absolute atomic E-state index is 0.131. The fourth-order valence-electron chi connectivity index (χ4n) is 2.12. The molecule has 0 aliphatic heterocycles. The number of nitrogens with one attached hydrogen (secondary N) is 1. The van der Waals surface area contributed by atoms with Gasteiger partial charge in [-0.25, -0.2) is 4.39 Å². The maximum absolute atomic E-state index is 13.1. The Morgan fingerprint density at radius 1 is 1.35 bits per heavy atom. The molecular weight excluding hydrogens is 275 g/mol. The molecule has 0 bridgehead atoms. The molecular formula is C16H18ClFN2. The first-order valence-corrected chi connectivity index (χ1v) is 7.15. The molecule has 4 heteroatoms. The highest BCUT2D eigenvalue weighted by Gasteiger charge is 2.13. The van der Waals surface area contributed by atoms with Gasteiger partial charge in [0, 0.05) is 23.5 Å². The van der Waals surface area contributed by atoms with E-state index in [4.69, 9.17) is 11.6 Å². The Bertz CT molecular complexity index is 545. The molecule has 1 heterocycles. The normalized spacial score (nSPS) is 12.3. The first-order valence-electron chi connectivity index (χ1n) is 6.78. The lowest BCUT2D eigenvalue weighted by Gasteiger charge is -2.19. The zero-order valence-corrected chi connectivity index (χ0v) is 12.2. The molecule has 2 rings (SSSR count). The van der Waals surface area contributed by atoms with Crippen LogP contribution < -0.4 is 5.32 Å². The molecule has 2 nitrogen and oxygen atoms in total. The number of pyridine rings is 1. The van der Waals surface area contributed by atoms with Crippen molar-refractivity contribution in [3.8, 4) is 0 Å². The second kappa shape index (κ2) is 7.36. The van der Waals surface area contributed by atoms with Crippen LogP contribution in [0.5, 0.6) is 0 Å². The Kier molecular flexibility index (Phi) is 5.50. The van der Waals surface area contributed by atoms with Crippen LogP contribution in [0.4, 0.5) is 4.39 Å². The van der Waals surface area contributed by atoms with Crippen molar-refractivity contribution in [3.63, 3.8) is 0 Å². The van der Waals surface area contributed by atoms with Crippen LogP contribution in [-0.4, -0.2) is 11.5 Å². The van der Waals surface area contributed by atoms with E-state index in [0.717, 1.165) is 24.1 Å². The molecule has 0 aliphatic rings. The highest BCUT2D eigenvalue weighted by molar-refractivity contribution is 6.31. The zero-order chi connectivity index (χ0) is 14.4. The predicted octanol–water partition coefficient (Wildman–Crippen LogP) is 4.16. The second-order valence-corrected chi connectivity index (χ2v) is 5.14. The van der Waals surface area contributed by atoms with Crippen molar-refractivity contribution >= 4 is 11.6 Å². The summed E-state index contributed by atoms with van der Waals surface area (Å²) in [4.78, 5) is 4.16. The maximum Gasteiger partial charge on any atom is 0.124 e. The molecule has 0 spiro atoms. The number of halogens is 2. The number of nitrogens with zero attached hydrogens (tertiary/aromatic N) is 1. The zero-order valence-electron chi connectivity index (χ0n) is 11.4. The smallest absolute Gasteiger partial charge is 0.124 e. The summed E-state index contributed by atoms with van der Waals surface area (Å²) in [6.07, 6.45) is 5.37. The number of hydrogen-bond donors (Lipinski definition) is 1. The molecule has 1 atom stereocenters. The molecule has 20 heavy (non-hydrogen) atoms. The fourth-order valence-corrected chi connectivity index (χ4v) is 2.36. The van der Waals surface area contributed by atoms with Crippen LogP contribution in [0.25, 0.3) is 0 Å². The van der Waals surface area contributed by atoms with Crippen LogP contribution in [0.15, 0.2) is 42.7 Å². The molecule has 0 saturated heterocycles. The standard InChI is InChI=1S/C16H18ClFN2/c1-2-7-20-16(13-4-3-8-19-11-13)9-12-5-6-14(18)10-15(12)17/h3-6,8,10-11,16,20H,2,7,9H2,1H3. The molecule has 2 aromatic rings. The largest absolute Gasteiger partial charge is 0.310 e. The monoisotopic (exact) mass is 292 g/mol. The summed E-state index contributed by atoms with van der Waals surface area (Å²) in [5.74, 6) is -0.307. The topological polar surface area (TPSA) is 24.9 Å². The number of hydrogen-bond acceptors (Lipinski definition) is 2. The maximum atomic E-state index is 13.1. The van der Waals surface area contributed by atoms with Crippen molar-refractivity contribution in [3.05, 3.63) is 64.7 Å². The molecule has 0 radical (unpaired) electrons. The summed E-state index contributed by atoms with van der Waals surface area (Å²) in [5, 5.41) is 3.95. The van der Waals surface area contributed by atoms with Gasteiger partial charge in [0.05, 0.1) is 0 Å². The van der Waals surface area contributed by atoms with E-state index >= 15 is 0 Å². The van der Waals surface area contributed by atoms with Crippen molar-refractivity contribution in [1.29, 1.82) is 0 Å². The third-order valence-electron chi connectivity index (χ3n) is 3.17. The average Bonchev–Trinajstić information content (AvgIpc) is 2.46. The first kappa shape index (κ1) is 14.9. The molecule has 1 aromatic heterocycles. The molecule has 1 N–H and O–H groups in total. The van der Waals surface area contributed by atoms with Crippen molar-refractivity contribution in [2.75, 3.05) is 6.54 Å². The van der Waals surface area contributed by atoms with Gasteiger partial charge in [-0.2, -0.15) is 0 Å². The van der Waals surface area contributed by atoms with Gasteiger partial charge >= 0.3 is 0 Å². The van der Waals surface area contributed by atoms with Gasteiger partial charge in [0.25, 0.3) is 0 Å². The SMILES string of the molecule is CCCNC(Cc1ccc(F)cc1Cl)c1cccnc1. The second-order valence-electron chi connectivity index (χ2n) is 4.73. The predicted molar refractivity (Wildman–Crippen MR) is 80.4 cm³/mol. The van der Waals surface area contributed by atoms with E-state index in [0.29, 0.717) is 11.4 Å². The van der Waals surface area contributed by atoms with Crippen LogP contribution in [0.3, 0.4) is 0 Å². The first-order chi connectivity index (χ1) is 9.70. The molecule has 0 fully saturated rings. The van der Waals surface area contributed by atoms with Gasteiger partial charge in [-0.1, -0.05) is 30.7 Å². The minimum Gasteiger partial charge on any atom is -0.310 e. The van der Waals surface area contributed by atoms with E-state index in [-0.39, 0.29) is 11.9 Å². The number of benzene rings is 1. The van der Waals surface area contributed by atoms with Crippen molar-refractivity contribution in [1.82, 2.24) is 10.3 Å². The van der Waals surface area contributed by atoms with Crippen LogP contribution in [0.1, 0.15) is 30.5 Å². The minimum atomic E-state index is -0.307. The molecule has 0 saturated carbocycles. The lowest BCUT2D eigenvalue weighted by Crippen LogP contribution is -2.24. The fraction of sp³-hybridized carbons (Fsp3) is 0.312. The van der Waals surface area contributed by atoms with Crippen LogP contribution >= 0.6 is 11.6 Å². The summed E-state index contributed by atoms with van der Waals surface area (Å²) >= 11 is 6.11. The lowest BCUT2D eigenvalue weighted by atomic mass is 10.00.